The van der Waals surface area contributed by atoms with Crippen molar-refractivity contribution < 1.29 is 14.6 Å². The smallest absolute Gasteiger partial charge is 0.169 e. The van der Waals surface area contributed by atoms with Gasteiger partial charge in [0.1, 0.15) is 5.75 Å². The summed E-state index contributed by atoms with van der Waals surface area (Å²) in [4.78, 5) is 0. The summed E-state index contributed by atoms with van der Waals surface area (Å²) in [5.41, 5.74) is 2.03. The third kappa shape index (κ3) is 3.77. The molecule has 0 bridgehead atoms. The summed E-state index contributed by atoms with van der Waals surface area (Å²) in [7, 11) is 1.63. The summed E-state index contributed by atoms with van der Waals surface area (Å²) in [5.74, 6) is 2.06. The van der Waals surface area contributed by atoms with Gasteiger partial charge in [-0.05, 0) is 64.7 Å². The second-order valence-electron chi connectivity index (χ2n) is 4.81. The second-order valence-corrected chi connectivity index (χ2v) is 5.66. The second kappa shape index (κ2) is 6.96. The van der Waals surface area contributed by atoms with Crippen molar-refractivity contribution in [3.05, 3.63) is 52.0 Å². The molecule has 0 radical (unpaired) electrons. The molecule has 0 aliphatic carbocycles. The molecule has 0 heterocycles. The Morgan fingerprint density at radius 3 is 2.38 bits per heavy atom. The van der Waals surface area contributed by atoms with Gasteiger partial charge in [0.15, 0.2) is 11.5 Å². The van der Waals surface area contributed by atoms with Crippen LogP contribution >= 0.6 is 15.9 Å². The number of rotatable bonds is 5. The minimum absolute atomic E-state index is 0.506. The topological polar surface area (TPSA) is 38.7 Å². The molecule has 0 unspecified atom stereocenters. The average molecular weight is 351 g/mol. The lowest BCUT2D eigenvalue weighted by Crippen LogP contribution is -1.95. The Balaban J connectivity index is 2.29. The highest BCUT2D eigenvalue weighted by Gasteiger charge is 2.10. The van der Waals surface area contributed by atoms with Gasteiger partial charge >= 0.3 is 0 Å². The first-order chi connectivity index (χ1) is 10.0. The number of aryl methyl sites for hydroxylation is 1. The minimum Gasteiger partial charge on any atom is -0.493 e. The number of aliphatic hydroxyl groups is 1. The molecule has 0 aliphatic rings. The van der Waals surface area contributed by atoms with Gasteiger partial charge < -0.3 is 14.6 Å². The molecule has 0 amide bonds. The maximum absolute atomic E-state index is 9.59. The van der Waals surface area contributed by atoms with Gasteiger partial charge in [-0.15, -0.1) is 0 Å². The predicted molar refractivity (Wildman–Crippen MR) is 87.2 cm³/mol. The number of hydrogen-bond donors (Lipinski definition) is 1. The van der Waals surface area contributed by atoms with Gasteiger partial charge in [0.25, 0.3) is 0 Å². The number of ether oxygens (including phenoxy) is 2. The van der Waals surface area contributed by atoms with Gasteiger partial charge in [-0.3, -0.25) is 0 Å². The van der Waals surface area contributed by atoms with E-state index in [9.17, 15) is 5.11 Å². The summed E-state index contributed by atoms with van der Waals surface area (Å²) in [6, 6.07) is 11.4. The Hall–Kier alpha value is -1.52. The van der Waals surface area contributed by atoms with E-state index < -0.39 is 6.10 Å². The average Bonchev–Trinajstić information content (AvgIpc) is 2.49. The van der Waals surface area contributed by atoms with Crippen molar-refractivity contribution in [1.82, 2.24) is 0 Å². The Morgan fingerprint density at radius 2 is 1.81 bits per heavy atom. The molecule has 4 heteroatoms. The van der Waals surface area contributed by atoms with Crippen molar-refractivity contribution in [3.8, 4) is 17.2 Å². The van der Waals surface area contributed by atoms with Crippen LogP contribution in [0.2, 0.25) is 0 Å². The normalized spacial score (nSPS) is 12.0. The zero-order valence-corrected chi connectivity index (χ0v) is 14.0. The largest absolute Gasteiger partial charge is 0.493 e. The van der Waals surface area contributed by atoms with E-state index in [2.05, 4.69) is 22.9 Å². The fraction of sp³-hybridized carbons (Fsp3) is 0.294. The maximum atomic E-state index is 9.59. The van der Waals surface area contributed by atoms with Crippen LogP contribution in [0.25, 0.3) is 0 Å². The summed E-state index contributed by atoms with van der Waals surface area (Å²) >= 11 is 3.47. The molecule has 3 nitrogen and oxygen atoms in total. The molecular formula is C17H19BrO3. The van der Waals surface area contributed by atoms with E-state index in [1.165, 1.54) is 5.56 Å². The van der Waals surface area contributed by atoms with Crippen LogP contribution in [0.4, 0.5) is 0 Å². The Labute approximate surface area is 133 Å². The summed E-state index contributed by atoms with van der Waals surface area (Å²) in [5, 5.41) is 9.59. The number of halogens is 1. The molecule has 0 aromatic heterocycles. The number of hydrogen-bond acceptors (Lipinski definition) is 3. The SMILES string of the molecule is CCc1ccc(Oc2ccc([C@@H](C)O)cc2Br)c(OC)c1. The van der Waals surface area contributed by atoms with E-state index in [-0.39, 0.29) is 0 Å². The van der Waals surface area contributed by atoms with Crippen molar-refractivity contribution in [2.24, 2.45) is 0 Å². The molecule has 2 aromatic rings. The first kappa shape index (κ1) is 15.9. The fourth-order valence-corrected chi connectivity index (χ4v) is 2.47. The van der Waals surface area contributed by atoms with Crippen molar-refractivity contribution in [3.63, 3.8) is 0 Å². The van der Waals surface area contributed by atoms with Gasteiger partial charge in [0, 0.05) is 0 Å². The van der Waals surface area contributed by atoms with Gasteiger partial charge in [-0.2, -0.15) is 0 Å². The number of aliphatic hydroxyl groups excluding tert-OH is 1. The lowest BCUT2D eigenvalue weighted by atomic mass is 10.1. The Bertz CT molecular complexity index is 623. The fourth-order valence-electron chi connectivity index (χ4n) is 1.99. The molecule has 2 aromatic carbocycles. The monoisotopic (exact) mass is 350 g/mol. The molecule has 0 saturated carbocycles. The van der Waals surface area contributed by atoms with Crippen molar-refractivity contribution >= 4 is 15.9 Å². The highest BCUT2D eigenvalue weighted by atomic mass is 79.9. The van der Waals surface area contributed by atoms with Gasteiger partial charge in [-0.1, -0.05) is 19.1 Å². The van der Waals surface area contributed by atoms with Gasteiger partial charge in [-0.25, -0.2) is 0 Å². The first-order valence-electron chi connectivity index (χ1n) is 6.87. The van der Waals surface area contributed by atoms with Crippen LogP contribution < -0.4 is 9.47 Å². The quantitative estimate of drug-likeness (QED) is 0.836. The van der Waals surface area contributed by atoms with Crippen LogP contribution in [-0.2, 0) is 6.42 Å². The molecule has 0 aliphatic heterocycles. The third-order valence-electron chi connectivity index (χ3n) is 3.29. The molecule has 112 valence electrons. The molecule has 0 spiro atoms. The Kier molecular flexibility index (Phi) is 5.26. The van der Waals surface area contributed by atoms with E-state index in [0.29, 0.717) is 17.2 Å². The first-order valence-corrected chi connectivity index (χ1v) is 7.66. The third-order valence-corrected chi connectivity index (χ3v) is 3.91. The highest BCUT2D eigenvalue weighted by Crippen LogP contribution is 2.36. The number of methoxy groups -OCH3 is 1. The van der Waals surface area contributed by atoms with Gasteiger partial charge in [0.2, 0.25) is 0 Å². The summed E-state index contributed by atoms with van der Waals surface area (Å²) in [6.45, 7) is 3.83. The van der Waals surface area contributed by atoms with Crippen LogP contribution in [0.15, 0.2) is 40.9 Å². The van der Waals surface area contributed by atoms with Crippen LogP contribution in [-0.4, -0.2) is 12.2 Å². The molecular weight excluding hydrogens is 332 g/mol. The molecule has 1 N–H and O–H groups in total. The minimum atomic E-state index is -0.506. The zero-order valence-electron chi connectivity index (χ0n) is 12.4. The van der Waals surface area contributed by atoms with Crippen molar-refractivity contribution in [1.29, 1.82) is 0 Å². The van der Waals surface area contributed by atoms with E-state index in [1.807, 2.05) is 36.4 Å². The van der Waals surface area contributed by atoms with Crippen LogP contribution in [0.3, 0.4) is 0 Å². The molecule has 2 rings (SSSR count). The lowest BCUT2D eigenvalue weighted by molar-refractivity contribution is 0.199. The lowest BCUT2D eigenvalue weighted by Gasteiger charge is -2.14. The van der Waals surface area contributed by atoms with Crippen LogP contribution in [0.1, 0.15) is 31.1 Å². The van der Waals surface area contributed by atoms with E-state index in [0.717, 1.165) is 16.5 Å². The van der Waals surface area contributed by atoms with Crippen molar-refractivity contribution in [2.75, 3.05) is 7.11 Å². The highest BCUT2D eigenvalue weighted by molar-refractivity contribution is 9.10. The van der Waals surface area contributed by atoms with Crippen molar-refractivity contribution in [2.45, 2.75) is 26.4 Å². The molecule has 21 heavy (non-hydrogen) atoms. The predicted octanol–water partition coefficient (Wildman–Crippen LogP) is 4.87. The molecule has 1 atom stereocenters. The van der Waals surface area contributed by atoms with Crippen LogP contribution in [0, 0.1) is 0 Å². The molecule has 0 saturated heterocycles. The zero-order chi connectivity index (χ0) is 15.4. The Morgan fingerprint density at radius 1 is 1.10 bits per heavy atom. The van der Waals surface area contributed by atoms with E-state index in [1.54, 1.807) is 14.0 Å². The van der Waals surface area contributed by atoms with Gasteiger partial charge in [0.05, 0.1) is 17.7 Å². The molecule has 0 fully saturated rings. The number of benzene rings is 2. The standard InChI is InChI=1S/C17H19BrO3/c1-4-12-5-7-16(17(9-12)20-3)21-15-8-6-13(11(2)19)10-14(15)18/h5-11,19H,4H2,1-3H3/t11-/m1/s1. The van der Waals surface area contributed by atoms with Crippen LogP contribution in [0.5, 0.6) is 17.2 Å². The maximum Gasteiger partial charge on any atom is 0.169 e. The summed E-state index contributed by atoms with van der Waals surface area (Å²) < 4.78 is 12.1. The van der Waals surface area contributed by atoms with E-state index >= 15 is 0 Å². The summed E-state index contributed by atoms with van der Waals surface area (Å²) in [6.07, 6.45) is 0.442. The van der Waals surface area contributed by atoms with E-state index in [4.69, 9.17) is 9.47 Å².